The lowest BCUT2D eigenvalue weighted by Gasteiger charge is -2.24. The third-order valence-corrected chi connectivity index (χ3v) is 3.23. The van der Waals surface area contributed by atoms with Crippen LogP contribution in [0.3, 0.4) is 0 Å². The standard InChI is InChI=1S/C16H18ClFN4O2/c1-16(2,3)24-15(23)22(4)9-11-13(20-8-7-19-11)10-5-6-21-14(17)12(10)18/h5-8H,9H2,1-4H3. The molecule has 0 spiro atoms. The first-order valence-electron chi connectivity index (χ1n) is 7.23. The Balaban J connectivity index is 2.30. The SMILES string of the molecule is CN(Cc1nccnc1-c1ccnc(Cl)c1F)C(=O)OC(C)(C)C. The summed E-state index contributed by atoms with van der Waals surface area (Å²) in [5.41, 5.74) is 0.291. The lowest BCUT2D eigenvalue weighted by Crippen LogP contribution is -2.34. The van der Waals surface area contributed by atoms with Gasteiger partial charge >= 0.3 is 6.09 Å². The molecule has 6 nitrogen and oxygen atoms in total. The number of amides is 1. The molecule has 8 heteroatoms. The third-order valence-electron chi connectivity index (χ3n) is 2.97. The minimum atomic E-state index is -0.680. The summed E-state index contributed by atoms with van der Waals surface area (Å²) in [6.45, 7) is 5.44. The number of carbonyl (C=O) groups is 1. The molecular weight excluding hydrogens is 335 g/mol. The van der Waals surface area contributed by atoms with Crippen LogP contribution >= 0.6 is 11.6 Å². The molecular formula is C16H18ClFN4O2. The summed E-state index contributed by atoms with van der Waals surface area (Å²) in [7, 11) is 1.57. The van der Waals surface area contributed by atoms with Crippen molar-refractivity contribution in [3.63, 3.8) is 0 Å². The highest BCUT2D eigenvalue weighted by atomic mass is 35.5. The number of pyridine rings is 1. The molecule has 0 fully saturated rings. The van der Waals surface area contributed by atoms with Crippen LogP contribution in [0.1, 0.15) is 26.5 Å². The molecule has 2 aromatic heterocycles. The van der Waals surface area contributed by atoms with E-state index in [9.17, 15) is 9.18 Å². The van der Waals surface area contributed by atoms with Crippen LogP contribution in [0.5, 0.6) is 0 Å². The van der Waals surface area contributed by atoms with Crippen molar-refractivity contribution in [3.05, 3.63) is 41.3 Å². The van der Waals surface area contributed by atoms with Gasteiger partial charge in [-0.05, 0) is 26.8 Å². The van der Waals surface area contributed by atoms with Crippen molar-refractivity contribution in [2.75, 3.05) is 7.05 Å². The molecule has 0 atom stereocenters. The molecule has 0 aliphatic rings. The Morgan fingerprint density at radius 1 is 1.25 bits per heavy atom. The predicted molar refractivity (Wildman–Crippen MR) is 87.9 cm³/mol. The number of halogens is 2. The highest BCUT2D eigenvalue weighted by Crippen LogP contribution is 2.27. The number of rotatable bonds is 3. The topological polar surface area (TPSA) is 68.2 Å². The van der Waals surface area contributed by atoms with Crippen LogP contribution in [-0.2, 0) is 11.3 Å². The van der Waals surface area contributed by atoms with Crippen molar-refractivity contribution < 1.29 is 13.9 Å². The number of carbonyl (C=O) groups excluding carboxylic acids is 1. The van der Waals surface area contributed by atoms with Crippen LogP contribution in [0.2, 0.25) is 5.15 Å². The van der Waals surface area contributed by atoms with Crippen molar-refractivity contribution in [3.8, 4) is 11.3 Å². The number of nitrogens with zero attached hydrogens (tertiary/aromatic N) is 4. The zero-order valence-corrected chi connectivity index (χ0v) is 14.6. The monoisotopic (exact) mass is 352 g/mol. The largest absolute Gasteiger partial charge is 0.444 e. The molecule has 0 unspecified atom stereocenters. The molecule has 24 heavy (non-hydrogen) atoms. The molecule has 0 N–H and O–H groups in total. The molecule has 128 valence electrons. The second-order valence-corrected chi connectivity index (χ2v) is 6.51. The predicted octanol–water partition coefficient (Wildman–Crippen LogP) is 3.70. The highest BCUT2D eigenvalue weighted by molar-refractivity contribution is 6.29. The molecule has 0 saturated carbocycles. The van der Waals surface area contributed by atoms with Gasteiger partial charge < -0.3 is 9.64 Å². The van der Waals surface area contributed by atoms with Crippen molar-refractivity contribution in [2.45, 2.75) is 32.9 Å². The first-order chi connectivity index (χ1) is 11.2. The molecule has 0 bridgehead atoms. The molecule has 0 saturated heterocycles. The zero-order valence-electron chi connectivity index (χ0n) is 13.9. The lowest BCUT2D eigenvalue weighted by atomic mass is 10.1. The molecule has 1 amide bonds. The van der Waals surface area contributed by atoms with E-state index in [1.807, 2.05) is 0 Å². The van der Waals surface area contributed by atoms with Crippen molar-refractivity contribution >= 4 is 17.7 Å². The Bertz CT molecular complexity index is 749. The number of hydrogen-bond donors (Lipinski definition) is 0. The summed E-state index contributed by atoms with van der Waals surface area (Å²) < 4.78 is 19.5. The van der Waals surface area contributed by atoms with Crippen molar-refractivity contribution in [1.82, 2.24) is 19.9 Å². The van der Waals surface area contributed by atoms with E-state index in [4.69, 9.17) is 16.3 Å². The molecule has 0 aromatic carbocycles. The van der Waals surface area contributed by atoms with Crippen LogP contribution in [0.15, 0.2) is 24.7 Å². The summed E-state index contributed by atoms with van der Waals surface area (Å²) in [6.07, 6.45) is 3.80. The first-order valence-corrected chi connectivity index (χ1v) is 7.61. The molecule has 2 heterocycles. The van der Waals surface area contributed by atoms with Gasteiger partial charge in [-0.1, -0.05) is 11.6 Å². The lowest BCUT2D eigenvalue weighted by molar-refractivity contribution is 0.0283. The fourth-order valence-corrected chi connectivity index (χ4v) is 2.10. The second-order valence-electron chi connectivity index (χ2n) is 6.15. The average Bonchev–Trinajstić information content (AvgIpc) is 2.49. The van der Waals surface area contributed by atoms with Gasteiger partial charge in [0, 0.05) is 31.2 Å². The number of ether oxygens (including phenoxy) is 1. The minimum absolute atomic E-state index is 0.109. The number of aromatic nitrogens is 3. The van der Waals surface area contributed by atoms with Crippen LogP contribution in [0, 0.1) is 5.82 Å². The van der Waals surface area contributed by atoms with Gasteiger partial charge in [0.1, 0.15) is 5.60 Å². The normalized spacial score (nSPS) is 11.2. The molecule has 0 radical (unpaired) electrons. The van der Waals surface area contributed by atoms with Gasteiger partial charge in [-0.2, -0.15) is 0 Å². The first kappa shape index (κ1) is 18.1. The second kappa shape index (κ2) is 7.09. The molecule has 0 aliphatic heterocycles. The summed E-state index contributed by atoms with van der Waals surface area (Å²) >= 11 is 5.73. The molecule has 2 rings (SSSR count). The van der Waals surface area contributed by atoms with Gasteiger partial charge in [-0.15, -0.1) is 0 Å². The van der Waals surface area contributed by atoms with Gasteiger partial charge in [0.05, 0.1) is 17.9 Å². The van der Waals surface area contributed by atoms with Gasteiger partial charge in [-0.25, -0.2) is 14.2 Å². The van der Waals surface area contributed by atoms with E-state index < -0.39 is 17.5 Å². The Labute approximate surface area is 144 Å². The van der Waals surface area contributed by atoms with E-state index in [1.165, 1.54) is 29.6 Å². The summed E-state index contributed by atoms with van der Waals surface area (Å²) in [4.78, 5) is 25.5. The average molecular weight is 353 g/mol. The van der Waals surface area contributed by atoms with Gasteiger partial charge in [0.15, 0.2) is 11.0 Å². The molecule has 0 aliphatic carbocycles. The van der Waals surface area contributed by atoms with Gasteiger partial charge in [0.2, 0.25) is 0 Å². The Morgan fingerprint density at radius 3 is 2.58 bits per heavy atom. The van der Waals surface area contributed by atoms with Gasteiger partial charge in [0.25, 0.3) is 0 Å². The number of hydrogen-bond acceptors (Lipinski definition) is 5. The third kappa shape index (κ3) is 4.38. The maximum absolute atomic E-state index is 14.2. The Hall–Kier alpha value is -2.28. The summed E-state index contributed by atoms with van der Waals surface area (Å²) in [6, 6.07) is 1.46. The summed E-state index contributed by atoms with van der Waals surface area (Å²) in [5, 5.41) is -0.246. The maximum atomic E-state index is 14.2. The van der Waals surface area contributed by atoms with E-state index >= 15 is 0 Å². The van der Waals surface area contributed by atoms with Crippen LogP contribution in [-0.4, -0.2) is 38.6 Å². The Morgan fingerprint density at radius 2 is 1.92 bits per heavy atom. The smallest absolute Gasteiger partial charge is 0.410 e. The Kier molecular flexibility index (Phi) is 5.33. The van der Waals surface area contributed by atoms with Crippen LogP contribution in [0.4, 0.5) is 9.18 Å². The maximum Gasteiger partial charge on any atom is 0.410 e. The minimum Gasteiger partial charge on any atom is -0.444 e. The van der Waals surface area contributed by atoms with Crippen molar-refractivity contribution in [1.29, 1.82) is 0 Å². The van der Waals surface area contributed by atoms with E-state index in [1.54, 1.807) is 27.8 Å². The fourth-order valence-electron chi connectivity index (χ4n) is 1.94. The quantitative estimate of drug-likeness (QED) is 0.788. The highest BCUT2D eigenvalue weighted by Gasteiger charge is 2.22. The van der Waals surface area contributed by atoms with Crippen LogP contribution < -0.4 is 0 Å². The zero-order chi connectivity index (χ0) is 17.9. The van der Waals surface area contributed by atoms with E-state index in [-0.39, 0.29) is 17.3 Å². The summed E-state index contributed by atoms with van der Waals surface area (Å²) in [5.74, 6) is -0.680. The molecule has 2 aromatic rings. The van der Waals surface area contributed by atoms with Crippen LogP contribution in [0.25, 0.3) is 11.3 Å². The van der Waals surface area contributed by atoms with E-state index in [2.05, 4.69) is 15.0 Å². The van der Waals surface area contributed by atoms with E-state index in [0.29, 0.717) is 11.4 Å². The fraction of sp³-hybridized carbons (Fsp3) is 0.375. The van der Waals surface area contributed by atoms with Gasteiger partial charge in [-0.3, -0.25) is 9.97 Å². The van der Waals surface area contributed by atoms with Crippen molar-refractivity contribution in [2.24, 2.45) is 0 Å². The van der Waals surface area contributed by atoms with E-state index in [0.717, 1.165) is 0 Å².